The van der Waals surface area contributed by atoms with Crippen molar-refractivity contribution in [3.05, 3.63) is 27.6 Å². The Bertz CT molecular complexity index is 810. The van der Waals surface area contributed by atoms with E-state index in [1.54, 1.807) is 0 Å². The minimum atomic E-state index is -0.0507. The van der Waals surface area contributed by atoms with E-state index in [0.717, 1.165) is 49.5 Å². The van der Waals surface area contributed by atoms with Gasteiger partial charge in [0.05, 0.1) is 12.6 Å². The molecule has 0 unspecified atom stereocenters. The average molecular weight is 316 g/mol. The number of nitrogens with zero attached hydrogens (tertiary/aromatic N) is 4. The first-order valence-electron chi connectivity index (χ1n) is 8.58. The average Bonchev–Trinajstić information content (AvgIpc) is 3.13. The molecule has 1 saturated heterocycles. The van der Waals surface area contributed by atoms with Crippen LogP contribution in [-0.4, -0.2) is 31.9 Å². The SMILES string of the molecule is Cc1c(C)n2c(C3(C)CC3)nnc2c(=O)n1C[C@@H]1CCCCO1. The third-order valence-electron chi connectivity index (χ3n) is 5.56. The van der Waals surface area contributed by atoms with Gasteiger partial charge in [-0.15, -0.1) is 10.2 Å². The van der Waals surface area contributed by atoms with Gasteiger partial charge in [0.1, 0.15) is 5.82 Å². The van der Waals surface area contributed by atoms with Gasteiger partial charge in [0, 0.05) is 23.4 Å². The van der Waals surface area contributed by atoms with E-state index >= 15 is 0 Å². The molecular weight excluding hydrogens is 292 g/mol. The summed E-state index contributed by atoms with van der Waals surface area (Å²) in [5.41, 5.74) is 2.53. The lowest BCUT2D eigenvalue weighted by Crippen LogP contribution is -2.34. The van der Waals surface area contributed by atoms with Crippen molar-refractivity contribution in [3.8, 4) is 0 Å². The van der Waals surface area contributed by atoms with Crippen molar-refractivity contribution in [2.75, 3.05) is 6.61 Å². The molecule has 1 atom stereocenters. The molecular formula is C17H24N4O2. The molecule has 0 aromatic carbocycles. The van der Waals surface area contributed by atoms with Crippen molar-refractivity contribution < 1.29 is 4.74 Å². The Hall–Kier alpha value is -1.69. The Kier molecular flexibility index (Phi) is 3.34. The lowest BCUT2D eigenvalue weighted by molar-refractivity contribution is 0.00509. The van der Waals surface area contributed by atoms with E-state index in [0.29, 0.717) is 12.2 Å². The molecule has 1 saturated carbocycles. The van der Waals surface area contributed by atoms with Gasteiger partial charge in [0.2, 0.25) is 5.65 Å². The zero-order valence-corrected chi connectivity index (χ0v) is 14.1. The normalized spacial score (nSPS) is 23.3. The number of hydrogen-bond acceptors (Lipinski definition) is 4. The number of rotatable bonds is 3. The van der Waals surface area contributed by atoms with Gasteiger partial charge in [-0.3, -0.25) is 9.20 Å². The lowest BCUT2D eigenvalue weighted by atomic mass is 10.1. The molecule has 4 rings (SSSR count). The summed E-state index contributed by atoms with van der Waals surface area (Å²) in [7, 11) is 0. The van der Waals surface area contributed by atoms with Crippen molar-refractivity contribution >= 4 is 5.65 Å². The molecule has 0 radical (unpaired) electrons. The van der Waals surface area contributed by atoms with Crippen LogP contribution in [0.15, 0.2) is 4.79 Å². The first-order chi connectivity index (χ1) is 11.0. The van der Waals surface area contributed by atoms with Crippen LogP contribution in [0.25, 0.3) is 5.65 Å². The van der Waals surface area contributed by atoms with Crippen molar-refractivity contribution in [1.29, 1.82) is 0 Å². The van der Waals surface area contributed by atoms with Crippen LogP contribution >= 0.6 is 0 Å². The van der Waals surface area contributed by atoms with Gasteiger partial charge in [-0.1, -0.05) is 6.92 Å². The summed E-state index contributed by atoms with van der Waals surface area (Å²) < 4.78 is 9.61. The van der Waals surface area contributed by atoms with Crippen LogP contribution in [0.4, 0.5) is 0 Å². The van der Waals surface area contributed by atoms with Crippen LogP contribution in [0, 0.1) is 13.8 Å². The summed E-state index contributed by atoms with van der Waals surface area (Å²) >= 11 is 0. The standard InChI is InChI=1S/C17H24N4O2/c1-11-12(2)21-14(18-19-16(21)17(3)7-8-17)15(22)20(11)10-13-6-4-5-9-23-13/h13H,4-10H2,1-3H3/t13-/m0/s1. The molecule has 1 aliphatic carbocycles. The fourth-order valence-corrected chi connectivity index (χ4v) is 3.55. The smallest absolute Gasteiger partial charge is 0.296 e. The zero-order chi connectivity index (χ0) is 16.2. The van der Waals surface area contributed by atoms with Gasteiger partial charge >= 0.3 is 0 Å². The predicted molar refractivity (Wildman–Crippen MR) is 86.9 cm³/mol. The van der Waals surface area contributed by atoms with Crippen LogP contribution in [-0.2, 0) is 16.7 Å². The van der Waals surface area contributed by atoms with Gasteiger partial charge < -0.3 is 9.30 Å². The molecule has 6 nitrogen and oxygen atoms in total. The Morgan fingerprint density at radius 3 is 2.65 bits per heavy atom. The van der Waals surface area contributed by atoms with Crippen molar-refractivity contribution in [2.45, 2.75) is 70.9 Å². The van der Waals surface area contributed by atoms with Gasteiger partial charge in [0.15, 0.2) is 0 Å². The molecule has 0 amide bonds. The third-order valence-corrected chi connectivity index (χ3v) is 5.56. The second-order valence-electron chi connectivity index (χ2n) is 7.32. The highest BCUT2D eigenvalue weighted by Crippen LogP contribution is 2.46. The van der Waals surface area contributed by atoms with Crippen LogP contribution in [0.5, 0.6) is 0 Å². The van der Waals surface area contributed by atoms with Crippen molar-refractivity contribution in [1.82, 2.24) is 19.2 Å². The van der Waals surface area contributed by atoms with Crippen molar-refractivity contribution in [2.24, 2.45) is 0 Å². The zero-order valence-electron chi connectivity index (χ0n) is 14.1. The van der Waals surface area contributed by atoms with E-state index in [4.69, 9.17) is 4.74 Å². The summed E-state index contributed by atoms with van der Waals surface area (Å²) in [6, 6.07) is 0. The second kappa shape index (κ2) is 5.16. The van der Waals surface area contributed by atoms with Gasteiger partial charge in [-0.2, -0.15) is 0 Å². The maximum Gasteiger partial charge on any atom is 0.296 e. The molecule has 2 aromatic rings. The fourth-order valence-electron chi connectivity index (χ4n) is 3.55. The van der Waals surface area contributed by atoms with E-state index in [1.165, 1.54) is 6.42 Å². The molecule has 0 N–H and O–H groups in total. The summed E-state index contributed by atoms with van der Waals surface area (Å²) in [6.45, 7) is 7.67. The maximum absolute atomic E-state index is 12.9. The Morgan fingerprint density at radius 2 is 2.00 bits per heavy atom. The molecule has 1 aliphatic heterocycles. The van der Waals surface area contributed by atoms with Gasteiger partial charge in [0.25, 0.3) is 5.56 Å². The fraction of sp³-hybridized carbons (Fsp3) is 0.706. The van der Waals surface area contributed by atoms with E-state index in [2.05, 4.69) is 24.0 Å². The third kappa shape index (κ3) is 2.31. The van der Waals surface area contributed by atoms with E-state index in [9.17, 15) is 4.79 Å². The summed E-state index contributed by atoms with van der Waals surface area (Å²) in [5, 5.41) is 8.57. The number of fused-ring (bicyclic) bond motifs is 1. The largest absolute Gasteiger partial charge is 0.376 e. The molecule has 23 heavy (non-hydrogen) atoms. The maximum atomic E-state index is 12.9. The number of ether oxygens (including phenoxy) is 1. The Morgan fingerprint density at radius 1 is 1.22 bits per heavy atom. The number of aryl methyl sites for hydroxylation is 1. The van der Waals surface area contributed by atoms with Crippen molar-refractivity contribution in [3.63, 3.8) is 0 Å². The molecule has 6 heteroatoms. The summed E-state index contributed by atoms with van der Waals surface area (Å²) in [5.74, 6) is 0.936. The molecule has 0 bridgehead atoms. The van der Waals surface area contributed by atoms with Crippen LogP contribution in [0.2, 0.25) is 0 Å². The highest BCUT2D eigenvalue weighted by Gasteiger charge is 2.44. The van der Waals surface area contributed by atoms with E-state index < -0.39 is 0 Å². The highest BCUT2D eigenvalue weighted by molar-refractivity contribution is 5.41. The molecule has 3 heterocycles. The topological polar surface area (TPSA) is 61.4 Å². The quantitative estimate of drug-likeness (QED) is 0.870. The molecule has 2 fully saturated rings. The van der Waals surface area contributed by atoms with Crippen LogP contribution in [0.1, 0.15) is 56.2 Å². The Labute approximate surface area is 135 Å². The monoisotopic (exact) mass is 316 g/mol. The minimum absolute atomic E-state index is 0.0507. The molecule has 2 aliphatic rings. The van der Waals surface area contributed by atoms with Gasteiger partial charge in [-0.25, -0.2) is 0 Å². The first-order valence-corrected chi connectivity index (χ1v) is 8.58. The minimum Gasteiger partial charge on any atom is -0.376 e. The summed E-state index contributed by atoms with van der Waals surface area (Å²) in [6.07, 6.45) is 5.68. The van der Waals surface area contributed by atoms with E-state index in [-0.39, 0.29) is 17.1 Å². The Balaban J connectivity index is 1.82. The second-order valence-corrected chi connectivity index (χ2v) is 7.32. The first kappa shape index (κ1) is 14.9. The number of aromatic nitrogens is 4. The van der Waals surface area contributed by atoms with E-state index in [1.807, 2.05) is 15.9 Å². The summed E-state index contributed by atoms with van der Waals surface area (Å²) in [4.78, 5) is 12.9. The van der Waals surface area contributed by atoms with Crippen LogP contribution in [0.3, 0.4) is 0 Å². The highest BCUT2D eigenvalue weighted by atomic mass is 16.5. The van der Waals surface area contributed by atoms with Gasteiger partial charge in [-0.05, 0) is 46.0 Å². The number of hydrogen-bond donors (Lipinski definition) is 0. The molecule has 2 aromatic heterocycles. The predicted octanol–water partition coefficient (Wildman–Crippen LogP) is 2.13. The molecule has 124 valence electrons. The molecule has 0 spiro atoms. The lowest BCUT2D eigenvalue weighted by Gasteiger charge is -2.25. The van der Waals surface area contributed by atoms with Crippen LogP contribution < -0.4 is 5.56 Å².